The summed E-state index contributed by atoms with van der Waals surface area (Å²) in [5, 5.41) is 1.19. The number of carbonyl (C=O) groups excluding carboxylic acids is 3. The minimum Gasteiger partial charge on any atom is -0.497 e. The summed E-state index contributed by atoms with van der Waals surface area (Å²) in [6.07, 6.45) is 1.31. The molecule has 0 bridgehead atoms. The van der Waals surface area contributed by atoms with E-state index in [9.17, 15) is 14.4 Å². The van der Waals surface area contributed by atoms with Gasteiger partial charge in [-0.3, -0.25) is 14.5 Å². The lowest BCUT2D eigenvalue weighted by Crippen LogP contribution is -2.58. The SMILES string of the molecule is COC(=O)[C@H]1[C@H]2C[C@@H]3c4[nH]c5cc(OC)ccc5c4CCN3C[C@H]2C[C@@H](OC(=O)c2cc(OC)c(OC(=O)CCc3ccccc3)c(OC)c2)[C@@H]1OC. The van der Waals surface area contributed by atoms with Crippen LogP contribution in [0.15, 0.2) is 60.7 Å². The summed E-state index contributed by atoms with van der Waals surface area (Å²) < 4.78 is 39.8. The highest BCUT2D eigenvalue weighted by atomic mass is 16.6. The van der Waals surface area contributed by atoms with E-state index in [1.54, 1.807) is 7.11 Å². The number of H-pyrrole nitrogens is 1. The van der Waals surface area contributed by atoms with Crippen molar-refractivity contribution in [1.82, 2.24) is 9.88 Å². The first-order valence-corrected chi connectivity index (χ1v) is 18.0. The summed E-state index contributed by atoms with van der Waals surface area (Å²) >= 11 is 0. The second kappa shape index (κ2) is 15.5. The molecule has 53 heavy (non-hydrogen) atoms. The molecular formula is C41H46N2O10. The summed E-state index contributed by atoms with van der Waals surface area (Å²) in [6.45, 7) is 1.61. The van der Waals surface area contributed by atoms with Gasteiger partial charge < -0.3 is 38.1 Å². The monoisotopic (exact) mass is 726 g/mol. The maximum absolute atomic E-state index is 13.9. The van der Waals surface area contributed by atoms with Gasteiger partial charge in [-0.15, -0.1) is 0 Å². The molecule has 1 aliphatic carbocycles. The molecule has 280 valence electrons. The summed E-state index contributed by atoms with van der Waals surface area (Å²) in [7, 11) is 7.42. The standard InChI is InChI=1S/C41H46N2O10/c1-47-26-12-13-27-28-15-16-43-22-25-19-34(39(50-4)36(41(46)51-5)29(25)21-31(43)37(28)42-30(27)20-26)52-40(45)24-17-32(48-2)38(33(18-24)49-3)53-35(44)14-11-23-9-7-6-8-10-23/h6-10,12-13,17-18,20,25,29,31,34,36,39,42H,11,14-16,19,21-22H2,1-5H3/t25-,29+,31-,34-,36+,39+/m1/s1. The Morgan fingerprint density at radius 1 is 0.887 bits per heavy atom. The van der Waals surface area contributed by atoms with Crippen LogP contribution in [0, 0.1) is 17.8 Å². The van der Waals surface area contributed by atoms with E-state index < -0.39 is 30.1 Å². The molecule has 0 spiro atoms. The summed E-state index contributed by atoms with van der Waals surface area (Å²) in [4.78, 5) is 46.4. The minimum atomic E-state index is -0.734. The van der Waals surface area contributed by atoms with Crippen molar-refractivity contribution in [3.8, 4) is 23.0 Å². The Balaban J connectivity index is 1.10. The number of ether oxygens (including phenoxy) is 7. The summed E-state index contributed by atoms with van der Waals surface area (Å²) in [6, 6.07) is 18.8. The Hall–Kier alpha value is -5.07. The van der Waals surface area contributed by atoms with Crippen molar-refractivity contribution in [2.45, 2.75) is 50.4 Å². The van der Waals surface area contributed by atoms with Crippen LogP contribution in [0.1, 0.15) is 52.5 Å². The van der Waals surface area contributed by atoms with E-state index >= 15 is 0 Å². The zero-order valence-corrected chi connectivity index (χ0v) is 30.7. The highest BCUT2D eigenvalue weighted by Gasteiger charge is 2.54. The zero-order chi connectivity index (χ0) is 37.2. The lowest BCUT2D eigenvalue weighted by molar-refractivity contribution is -0.176. The van der Waals surface area contributed by atoms with Gasteiger partial charge in [-0.05, 0) is 72.9 Å². The van der Waals surface area contributed by atoms with Gasteiger partial charge in [0.2, 0.25) is 5.75 Å². The number of rotatable bonds is 11. The van der Waals surface area contributed by atoms with E-state index in [1.807, 2.05) is 42.5 Å². The van der Waals surface area contributed by atoms with E-state index in [-0.39, 0.29) is 53.1 Å². The molecule has 0 amide bonds. The van der Waals surface area contributed by atoms with Crippen molar-refractivity contribution in [2.75, 3.05) is 48.6 Å². The molecule has 1 saturated heterocycles. The molecule has 1 N–H and O–H groups in total. The van der Waals surface area contributed by atoms with Gasteiger partial charge in [0, 0.05) is 49.3 Å². The van der Waals surface area contributed by atoms with Crippen LogP contribution in [-0.4, -0.2) is 88.6 Å². The number of nitrogens with zero attached hydrogens (tertiary/aromatic N) is 1. The maximum Gasteiger partial charge on any atom is 0.338 e. The molecule has 4 aromatic rings. The normalized spacial score (nSPS) is 23.6. The number of aromatic amines is 1. The Labute approximate surface area is 308 Å². The second-order valence-corrected chi connectivity index (χ2v) is 13.9. The average molecular weight is 727 g/mol. The van der Waals surface area contributed by atoms with Crippen molar-refractivity contribution in [2.24, 2.45) is 17.8 Å². The van der Waals surface area contributed by atoms with Crippen LogP contribution in [0.25, 0.3) is 10.9 Å². The second-order valence-electron chi connectivity index (χ2n) is 13.9. The van der Waals surface area contributed by atoms with Crippen molar-refractivity contribution >= 4 is 28.8 Å². The number of nitrogens with one attached hydrogen (secondary N) is 1. The van der Waals surface area contributed by atoms with Gasteiger partial charge in [-0.2, -0.15) is 0 Å². The number of carbonyl (C=O) groups is 3. The molecule has 3 aliphatic rings. The van der Waals surface area contributed by atoms with E-state index in [0.717, 1.165) is 42.8 Å². The Morgan fingerprint density at radius 2 is 1.64 bits per heavy atom. The molecule has 3 heterocycles. The number of esters is 3. The zero-order valence-electron chi connectivity index (χ0n) is 30.7. The first kappa shape index (κ1) is 36.3. The molecule has 12 heteroatoms. The Morgan fingerprint density at radius 3 is 2.32 bits per heavy atom. The van der Waals surface area contributed by atoms with Crippen LogP contribution in [0.3, 0.4) is 0 Å². The lowest BCUT2D eigenvalue weighted by Gasteiger charge is -2.52. The molecule has 2 aliphatic heterocycles. The molecule has 6 atom stereocenters. The number of hydrogen-bond donors (Lipinski definition) is 1. The number of piperidine rings is 1. The van der Waals surface area contributed by atoms with Crippen LogP contribution >= 0.6 is 0 Å². The number of aromatic nitrogens is 1. The number of aryl methyl sites for hydroxylation is 1. The van der Waals surface area contributed by atoms with E-state index in [2.05, 4.69) is 16.0 Å². The third-order valence-corrected chi connectivity index (χ3v) is 11.2. The predicted octanol–water partition coefficient (Wildman–Crippen LogP) is 5.70. The van der Waals surface area contributed by atoms with Gasteiger partial charge in [-0.25, -0.2) is 4.79 Å². The molecule has 3 aromatic carbocycles. The lowest BCUT2D eigenvalue weighted by atomic mass is 9.63. The third-order valence-electron chi connectivity index (χ3n) is 11.2. The molecular weight excluding hydrogens is 680 g/mol. The van der Waals surface area contributed by atoms with Crippen LogP contribution in [0.2, 0.25) is 0 Å². The van der Waals surface area contributed by atoms with Gasteiger partial charge in [0.1, 0.15) is 18.0 Å². The molecule has 1 aromatic heterocycles. The summed E-state index contributed by atoms with van der Waals surface area (Å²) in [5.41, 5.74) is 4.67. The Bertz CT molecular complexity index is 1950. The molecule has 12 nitrogen and oxygen atoms in total. The molecule has 7 rings (SSSR count). The van der Waals surface area contributed by atoms with E-state index in [0.29, 0.717) is 12.8 Å². The van der Waals surface area contributed by atoms with Crippen molar-refractivity contribution in [1.29, 1.82) is 0 Å². The minimum absolute atomic E-state index is 0.0484. The first-order chi connectivity index (χ1) is 25.8. The highest BCUT2D eigenvalue weighted by molar-refractivity contribution is 5.92. The number of fused-ring (bicyclic) bond motifs is 6. The smallest absolute Gasteiger partial charge is 0.338 e. The summed E-state index contributed by atoms with van der Waals surface area (Å²) in [5.74, 6) is -1.03. The largest absolute Gasteiger partial charge is 0.497 e. The predicted molar refractivity (Wildman–Crippen MR) is 195 cm³/mol. The van der Waals surface area contributed by atoms with Gasteiger partial charge in [-0.1, -0.05) is 30.3 Å². The van der Waals surface area contributed by atoms with Crippen LogP contribution in [0.5, 0.6) is 23.0 Å². The van der Waals surface area contributed by atoms with Crippen LogP contribution in [-0.2, 0) is 36.6 Å². The van der Waals surface area contributed by atoms with Crippen molar-refractivity contribution in [3.05, 3.63) is 83.0 Å². The highest BCUT2D eigenvalue weighted by Crippen LogP contribution is 2.51. The fraction of sp³-hybridized carbons (Fsp3) is 0.439. The number of benzene rings is 3. The van der Waals surface area contributed by atoms with Crippen molar-refractivity contribution in [3.63, 3.8) is 0 Å². The number of methoxy groups -OCH3 is 5. The van der Waals surface area contributed by atoms with Crippen LogP contribution in [0.4, 0.5) is 0 Å². The van der Waals surface area contributed by atoms with Crippen LogP contribution < -0.4 is 18.9 Å². The first-order valence-electron chi connectivity index (χ1n) is 18.0. The molecule has 2 fully saturated rings. The van der Waals surface area contributed by atoms with Gasteiger partial charge in [0.05, 0.1) is 46.0 Å². The fourth-order valence-corrected chi connectivity index (χ4v) is 8.72. The quantitative estimate of drug-likeness (QED) is 0.151. The Kier molecular flexibility index (Phi) is 10.6. The number of hydrogen-bond acceptors (Lipinski definition) is 11. The van der Waals surface area contributed by atoms with E-state index in [1.165, 1.54) is 57.2 Å². The average Bonchev–Trinajstić information content (AvgIpc) is 3.57. The van der Waals surface area contributed by atoms with Gasteiger partial charge in [0.25, 0.3) is 0 Å². The van der Waals surface area contributed by atoms with E-state index in [4.69, 9.17) is 33.2 Å². The van der Waals surface area contributed by atoms with Crippen molar-refractivity contribution < 1.29 is 47.5 Å². The third kappa shape index (κ3) is 7.05. The fourth-order valence-electron chi connectivity index (χ4n) is 8.72. The maximum atomic E-state index is 13.9. The topological polar surface area (TPSA) is 135 Å². The van der Waals surface area contributed by atoms with Gasteiger partial charge >= 0.3 is 17.9 Å². The molecule has 0 unspecified atom stereocenters. The van der Waals surface area contributed by atoms with Gasteiger partial charge in [0.15, 0.2) is 11.5 Å². The molecule has 0 radical (unpaired) electrons. The molecule has 1 saturated carbocycles.